The van der Waals surface area contributed by atoms with Gasteiger partial charge in [-0.3, -0.25) is 4.98 Å². The highest BCUT2D eigenvalue weighted by molar-refractivity contribution is 6.33. The molecule has 1 fully saturated rings. The van der Waals surface area contributed by atoms with E-state index in [1.807, 2.05) is 12.3 Å². The van der Waals surface area contributed by atoms with E-state index < -0.39 is 0 Å². The van der Waals surface area contributed by atoms with E-state index in [-0.39, 0.29) is 0 Å². The van der Waals surface area contributed by atoms with Crippen LogP contribution in [0.5, 0.6) is 0 Å². The molecular formula is C18H29ClN2. The van der Waals surface area contributed by atoms with Gasteiger partial charge >= 0.3 is 0 Å². The minimum atomic E-state index is 0.357. The van der Waals surface area contributed by atoms with E-state index in [1.54, 1.807) is 0 Å². The third kappa shape index (κ3) is 4.12. The van der Waals surface area contributed by atoms with Crippen LogP contribution in [0.25, 0.3) is 0 Å². The lowest BCUT2D eigenvalue weighted by Crippen LogP contribution is -2.31. The van der Waals surface area contributed by atoms with Gasteiger partial charge in [-0.15, -0.1) is 0 Å². The van der Waals surface area contributed by atoms with Crippen LogP contribution in [-0.2, 0) is 0 Å². The first-order valence-electron chi connectivity index (χ1n) is 8.20. The van der Waals surface area contributed by atoms with E-state index in [9.17, 15) is 0 Å². The molecule has 21 heavy (non-hydrogen) atoms. The van der Waals surface area contributed by atoms with E-state index in [1.165, 1.54) is 25.7 Å². The number of rotatable bonds is 3. The first-order chi connectivity index (χ1) is 9.79. The SMILES string of the molecule is CC(C)c1nccc(N[C@H]2CC[C@@H](C(C)(C)C)CC2)c1Cl. The van der Waals surface area contributed by atoms with Crippen molar-refractivity contribution < 1.29 is 0 Å². The molecule has 118 valence electrons. The molecule has 0 amide bonds. The van der Waals surface area contributed by atoms with Crippen molar-refractivity contribution in [3.63, 3.8) is 0 Å². The number of nitrogens with one attached hydrogen (secondary N) is 1. The largest absolute Gasteiger partial charge is 0.381 e. The van der Waals surface area contributed by atoms with Crippen molar-refractivity contribution in [2.24, 2.45) is 11.3 Å². The predicted molar refractivity (Wildman–Crippen MR) is 92.2 cm³/mol. The summed E-state index contributed by atoms with van der Waals surface area (Å²) in [4.78, 5) is 4.40. The van der Waals surface area contributed by atoms with Gasteiger partial charge in [0.05, 0.1) is 16.4 Å². The third-order valence-corrected chi connectivity index (χ3v) is 5.17. The van der Waals surface area contributed by atoms with Crippen LogP contribution in [-0.4, -0.2) is 11.0 Å². The van der Waals surface area contributed by atoms with Crippen molar-refractivity contribution in [2.75, 3.05) is 5.32 Å². The molecule has 1 heterocycles. The second-order valence-corrected chi connectivity index (χ2v) is 8.15. The summed E-state index contributed by atoms with van der Waals surface area (Å²) in [6, 6.07) is 2.55. The van der Waals surface area contributed by atoms with Crippen LogP contribution >= 0.6 is 11.6 Å². The van der Waals surface area contributed by atoms with Crippen LogP contribution in [0, 0.1) is 11.3 Å². The van der Waals surface area contributed by atoms with Gasteiger partial charge in [-0.2, -0.15) is 0 Å². The first kappa shape index (κ1) is 16.6. The highest BCUT2D eigenvalue weighted by Gasteiger charge is 2.29. The average Bonchev–Trinajstić information content (AvgIpc) is 2.40. The lowest BCUT2D eigenvalue weighted by atomic mass is 9.71. The minimum Gasteiger partial charge on any atom is -0.381 e. The second-order valence-electron chi connectivity index (χ2n) is 7.77. The zero-order chi connectivity index (χ0) is 15.6. The fourth-order valence-corrected chi connectivity index (χ4v) is 3.68. The van der Waals surface area contributed by atoms with Gasteiger partial charge < -0.3 is 5.32 Å². The fraction of sp³-hybridized carbons (Fsp3) is 0.722. The van der Waals surface area contributed by atoms with Crippen molar-refractivity contribution in [1.82, 2.24) is 4.98 Å². The monoisotopic (exact) mass is 308 g/mol. The minimum absolute atomic E-state index is 0.357. The lowest BCUT2D eigenvalue weighted by molar-refractivity contribution is 0.173. The molecule has 0 unspecified atom stereocenters. The number of nitrogens with zero attached hydrogens (tertiary/aromatic N) is 1. The Hall–Kier alpha value is -0.760. The molecule has 0 aliphatic heterocycles. The molecule has 0 saturated heterocycles. The third-order valence-electron chi connectivity index (χ3n) is 4.77. The molecular weight excluding hydrogens is 280 g/mol. The van der Waals surface area contributed by atoms with Gasteiger partial charge in [0.15, 0.2) is 0 Å². The van der Waals surface area contributed by atoms with E-state index in [0.717, 1.165) is 22.3 Å². The van der Waals surface area contributed by atoms with Gasteiger partial charge in [0.2, 0.25) is 0 Å². The maximum atomic E-state index is 6.50. The van der Waals surface area contributed by atoms with Gasteiger partial charge in [-0.1, -0.05) is 46.2 Å². The zero-order valence-electron chi connectivity index (χ0n) is 14.0. The predicted octanol–water partition coefficient (Wildman–Crippen LogP) is 5.88. The molecule has 2 rings (SSSR count). The van der Waals surface area contributed by atoms with Crippen LogP contribution < -0.4 is 5.32 Å². The first-order valence-corrected chi connectivity index (χ1v) is 8.57. The summed E-state index contributed by atoms with van der Waals surface area (Å²) in [6.45, 7) is 11.3. The van der Waals surface area contributed by atoms with Crippen molar-refractivity contribution in [3.05, 3.63) is 23.0 Å². The Kier molecular flexibility index (Phi) is 5.19. The Balaban J connectivity index is 2.00. The van der Waals surface area contributed by atoms with Crippen LogP contribution in [0.2, 0.25) is 5.02 Å². The standard InChI is InChI=1S/C18H29ClN2/c1-12(2)17-16(19)15(10-11-20-17)21-14-8-6-13(7-9-14)18(3,4)5/h10-14H,6-9H2,1-5H3,(H,20,21)/t13-,14+. The van der Waals surface area contributed by atoms with Crippen LogP contribution in [0.3, 0.4) is 0 Å². The van der Waals surface area contributed by atoms with Crippen molar-refractivity contribution in [3.8, 4) is 0 Å². The highest BCUT2D eigenvalue weighted by atomic mass is 35.5. The molecule has 0 atom stereocenters. The Bertz CT molecular complexity index is 469. The van der Waals surface area contributed by atoms with Gasteiger partial charge in [0.25, 0.3) is 0 Å². The van der Waals surface area contributed by atoms with Crippen LogP contribution in [0.1, 0.15) is 71.9 Å². The summed E-state index contributed by atoms with van der Waals surface area (Å²) in [5, 5.41) is 4.44. The quantitative estimate of drug-likeness (QED) is 0.754. The molecule has 0 spiro atoms. The molecule has 0 radical (unpaired) electrons. The average molecular weight is 309 g/mol. The summed E-state index contributed by atoms with van der Waals surface area (Å²) >= 11 is 6.50. The van der Waals surface area contributed by atoms with E-state index >= 15 is 0 Å². The normalized spacial score (nSPS) is 23.4. The van der Waals surface area contributed by atoms with Gasteiger partial charge in [0.1, 0.15) is 0 Å². The molecule has 1 saturated carbocycles. The highest BCUT2D eigenvalue weighted by Crippen LogP contribution is 2.39. The summed E-state index contributed by atoms with van der Waals surface area (Å²) in [7, 11) is 0. The molecule has 0 bridgehead atoms. The van der Waals surface area contributed by atoms with E-state index in [2.05, 4.69) is 44.9 Å². The van der Waals surface area contributed by atoms with Gasteiger partial charge in [-0.05, 0) is 49.0 Å². The number of anilines is 1. The summed E-state index contributed by atoms with van der Waals surface area (Å²) in [5.41, 5.74) is 2.48. The maximum Gasteiger partial charge on any atom is 0.0855 e. The molecule has 1 aromatic rings. The molecule has 0 aromatic carbocycles. The molecule has 1 aromatic heterocycles. The Morgan fingerprint density at radius 2 is 1.81 bits per heavy atom. The number of pyridine rings is 1. The van der Waals surface area contributed by atoms with E-state index in [0.29, 0.717) is 17.4 Å². The number of aromatic nitrogens is 1. The topological polar surface area (TPSA) is 24.9 Å². The maximum absolute atomic E-state index is 6.50. The summed E-state index contributed by atoms with van der Waals surface area (Å²) in [5.74, 6) is 1.20. The smallest absolute Gasteiger partial charge is 0.0855 e. The van der Waals surface area contributed by atoms with Gasteiger partial charge in [-0.25, -0.2) is 0 Å². The van der Waals surface area contributed by atoms with Crippen molar-refractivity contribution >= 4 is 17.3 Å². The van der Waals surface area contributed by atoms with E-state index in [4.69, 9.17) is 11.6 Å². The zero-order valence-corrected chi connectivity index (χ0v) is 14.8. The molecule has 1 aliphatic rings. The second kappa shape index (κ2) is 6.56. The molecule has 3 heteroatoms. The Morgan fingerprint density at radius 3 is 2.33 bits per heavy atom. The summed E-state index contributed by atoms with van der Waals surface area (Å²) < 4.78 is 0. The van der Waals surface area contributed by atoms with Crippen molar-refractivity contribution in [2.45, 2.75) is 72.3 Å². The number of hydrogen-bond acceptors (Lipinski definition) is 2. The molecule has 2 nitrogen and oxygen atoms in total. The van der Waals surface area contributed by atoms with Crippen LogP contribution in [0.15, 0.2) is 12.3 Å². The summed E-state index contributed by atoms with van der Waals surface area (Å²) in [6.07, 6.45) is 6.95. The number of hydrogen-bond donors (Lipinski definition) is 1. The van der Waals surface area contributed by atoms with Gasteiger partial charge in [0, 0.05) is 12.2 Å². The molecule has 1 aliphatic carbocycles. The Labute approximate surface area is 134 Å². The molecule has 1 N–H and O–H groups in total. The lowest BCUT2D eigenvalue weighted by Gasteiger charge is -2.37. The van der Waals surface area contributed by atoms with Crippen LogP contribution in [0.4, 0.5) is 5.69 Å². The van der Waals surface area contributed by atoms with Crippen molar-refractivity contribution in [1.29, 1.82) is 0 Å². The Morgan fingerprint density at radius 1 is 1.19 bits per heavy atom. The number of halogens is 1. The fourth-order valence-electron chi connectivity index (χ4n) is 3.30.